The Morgan fingerprint density at radius 3 is 2.19 bits per heavy atom. The SMILES string of the molecule is Cc1ccc(NC(=O)c2oc3ccccc3c2NC(=O)c2nn(-c3ccc(C)cc3)ccc2=O)cc1. The molecule has 3 aromatic carbocycles. The van der Waals surface area contributed by atoms with Gasteiger partial charge in [-0.2, -0.15) is 5.10 Å². The van der Waals surface area contributed by atoms with Crippen LogP contribution in [-0.2, 0) is 0 Å². The number of aromatic nitrogens is 2. The van der Waals surface area contributed by atoms with Gasteiger partial charge < -0.3 is 15.1 Å². The Labute approximate surface area is 206 Å². The molecule has 0 fully saturated rings. The second kappa shape index (κ2) is 9.34. The number of hydrogen-bond acceptors (Lipinski definition) is 5. The van der Waals surface area contributed by atoms with Gasteiger partial charge in [0.05, 0.1) is 5.69 Å². The zero-order valence-electron chi connectivity index (χ0n) is 19.6. The third kappa shape index (κ3) is 4.52. The minimum absolute atomic E-state index is 0.0834. The first kappa shape index (κ1) is 22.8. The van der Waals surface area contributed by atoms with E-state index in [1.165, 1.54) is 16.9 Å². The molecule has 2 aromatic heterocycles. The van der Waals surface area contributed by atoms with Crippen molar-refractivity contribution in [2.75, 3.05) is 10.6 Å². The number of nitrogens with one attached hydrogen (secondary N) is 2. The van der Waals surface area contributed by atoms with E-state index in [0.29, 0.717) is 22.3 Å². The molecule has 0 aliphatic heterocycles. The molecule has 5 rings (SSSR count). The Hall–Kier alpha value is -4.98. The summed E-state index contributed by atoms with van der Waals surface area (Å²) in [5.74, 6) is -1.37. The van der Waals surface area contributed by atoms with E-state index in [-0.39, 0.29) is 17.1 Å². The average molecular weight is 479 g/mol. The smallest absolute Gasteiger partial charge is 0.293 e. The summed E-state index contributed by atoms with van der Waals surface area (Å²) >= 11 is 0. The van der Waals surface area contributed by atoms with E-state index in [2.05, 4.69) is 15.7 Å². The van der Waals surface area contributed by atoms with Crippen LogP contribution in [0.2, 0.25) is 0 Å². The van der Waals surface area contributed by atoms with Crippen LogP contribution in [0.1, 0.15) is 32.2 Å². The molecule has 8 heteroatoms. The van der Waals surface area contributed by atoms with E-state index in [0.717, 1.165) is 11.1 Å². The molecule has 8 nitrogen and oxygen atoms in total. The van der Waals surface area contributed by atoms with Crippen molar-refractivity contribution in [2.24, 2.45) is 0 Å². The largest absolute Gasteiger partial charge is 0.449 e. The topological polar surface area (TPSA) is 106 Å². The van der Waals surface area contributed by atoms with Crippen LogP contribution in [0.3, 0.4) is 0 Å². The maximum absolute atomic E-state index is 13.2. The minimum Gasteiger partial charge on any atom is -0.449 e. The number of aryl methyl sites for hydroxylation is 2. The van der Waals surface area contributed by atoms with E-state index >= 15 is 0 Å². The first-order valence-corrected chi connectivity index (χ1v) is 11.3. The standard InChI is InChI=1S/C28H22N4O4/c1-17-7-11-19(12-8-17)29-28(35)26-24(21-5-3-4-6-23(21)36-26)30-27(34)25-22(33)15-16-32(31-25)20-13-9-18(2)10-14-20/h3-16H,1-2H3,(H,29,35)(H,30,34). The molecule has 0 bridgehead atoms. The van der Waals surface area contributed by atoms with Crippen molar-refractivity contribution >= 4 is 34.2 Å². The average Bonchev–Trinajstić information content (AvgIpc) is 3.24. The summed E-state index contributed by atoms with van der Waals surface area (Å²) in [6, 6.07) is 23.0. The molecule has 178 valence electrons. The predicted molar refractivity (Wildman–Crippen MR) is 138 cm³/mol. The van der Waals surface area contributed by atoms with Gasteiger partial charge in [0.2, 0.25) is 11.2 Å². The lowest BCUT2D eigenvalue weighted by atomic mass is 10.2. The van der Waals surface area contributed by atoms with Crippen molar-refractivity contribution in [3.8, 4) is 5.69 Å². The van der Waals surface area contributed by atoms with Crippen LogP contribution < -0.4 is 16.1 Å². The lowest BCUT2D eigenvalue weighted by Crippen LogP contribution is -2.26. The number of carbonyl (C=O) groups excluding carboxylic acids is 2. The molecular formula is C28H22N4O4. The second-order valence-electron chi connectivity index (χ2n) is 8.39. The fourth-order valence-corrected chi connectivity index (χ4v) is 3.73. The summed E-state index contributed by atoms with van der Waals surface area (Å²) in [5.41, 5.74) is 3.11. The first-order valence-electron chi connectivity index (χ1n) is 11.3. The van der Waals surface area contributed by atoms with Gasteiger partial charge in [-0.3, -0.25) is 14.4 Å². The molecule has 2 amide bonds. The number of amides is 2. The molecule has 0 spiro atoms. The zero-order valence-corrected chi connectivity index (χ0v) is 19.6. The van der Waals surface area contributed by atoms with Gasteiger partial charge in [0.25, 0.3) is 11.8 Å². The molecule has 0 aliphatic rings. The molecule has 0 radical (unpaired) electrons. The van der Waals surface area contributed by atoms with Crippen LogP contribution in [0.15, 0.2) is 94.3 Å². The van der Waals surface area contributed by atoms with Crippen molar-refractivity contribution in [1.82, 2.24) is 9.78 Å². The third-order valence-corrected chi connectivity index (χ3v) is 5.67. The normalized spacial score (nSPS) is 10.8. The maximum Gasteiger partial charge on any atom is 0.293 e. The van der Waals surface area contributed by atoms with Crippen molar-refractivity contribution < 1.29 is 14.0 Å². The number of fused-ring (bicyclic) bond motifs is 1. The number of benzene rings is 3. The maximum atomic E-state index is 13.2. The number of carbonyl (C=O) groups is 2. The number of anilines is 2. The van der Waals surface area contributed by atoms with Crippen LogP contribution in [0.4, 0.5) is 11.4 Å². The summed E-state index contributed by atoms with van der Waals surface area (Å²) in [7, 11) is 0. The van der Waals surface area contributed by atoms with Gasteiger partial charge >= 0.3 is 0 Å². The summed E-state index contributed by atoms with van der Waals surface area (Å²) in [6.07, 6.45) is 1.50. The van der Waals surface area contributed by atoms with Gasteiger partial charge in [-0.15, -0.1) is 0 Å². The molecule has 0 saturated carbocycles. The Morgan fingerprint density at radius 1 is 0.806 bits per heavy atom. The lowest BCUT2D eigenvalue weighted by molar-refractivity contribution is 0.0999. The molecule has 0 atom stereocenters. The van der Waals surface area contributed by atoms with Crippen LogP contribution in [0.25, 0.3) is 16.7 Å². The minimum atomic E-state index is -0.752. The Morgan fingerprint density at radius 2 is 1.47 bits per heavy atom. The van der Waals surface area contributed by atoms with E-state index < -0.39 is 17.2 Å². The van der Waals surface area contributed by atoms with Crippen molar-refractivity contribution in [2.45, 2.75) is 13.8 Å². The van der Waals surface area contributed by atoms with Gasteiger partial charge in [-0.1, -0.05) is 47.5 Å². The highest BCUT2D eigenvalue weighted by atomic mass is 16.3. The monoisotopic (exact) mass is 478 g/mol. The van der Waals surface area contributed by atoms with E-state index in [1.54, 1.807) is 36.4 Å². The third-order valence-electron chi connectivity index (χ3n) is 5.67. The van der Waals surface area contributed by atoms with E-state index in [4.69, 9.17) is 4.42 Å². The zero-order chi connectivity index (χ0) is 25.2. The predicted octanol–water partition coefficient (Wildman–Crippen LogP) is 5.10. The molecule has 5 aromatic rings. The molecule has 2 heterocycles. The molecule has 0 unspecified atom stereocenters. The first-order chi connectivity index (χ1) is 17.4. The number of rotatable bonds is 5. The number of nitrogens with zero attached hydrogens (tertiary/aromatic N) is 2. The number of furan rings is 1. The van der Waals surface area contributed by atoms with Gasteiger partial charge in [0.1, 0.15) is 11.3 Å². The number of para-hydroxylation sites is 1. The molecule has 0 saturated heterocycles. The highest BCUT2D eigenvalue weighted by Crippen LogP contribution is 2.31. The highest BCUT2D eigenvalue weighted by Gasteiger charge is 2.24. The van der Waals surface area contributed by atoms with Gasteiger partial charge in [0.15, 0.2) is 5.69 Å². The highest BCUT2D eigenvalue weighted by molar-refractivity contribution is 6.16. The quantitative estimate of drug-likeness (QED) is 0.366. The Bertz CT molecular complexity index is 1650. The van der Waals surface area contributed by atoms with Gasteiger partial charge in [-0.25, -0.2) is 4.68 Å². The van der Waals surface area contributed by atoms with Crippen molar-refractivity contribution in [1.29, 1.82) is 0 Å². The lowest BCUT2D eigenvalue weighted by Gasteiger charge is -2.09. The Kier molecular flexibility index (Phi) is 5.92. The van der Waals surface area contributed by atoms with Crippen molar-refractivity contribution in [3.63, 3.8) is 0 Å². The van der Waals surface area contributed by atoms with Gasteiger partial charge in [-0.05, 0) is 50.2 Å². The van der Waals surface area contributed by atoms with Crippen LogP contribution in [-0.4, -0.2) is 21.6 Å². The number of hydrogen-bond donors (Lipinski definition) is 2. The van der Waals surface area contributed by atoms with E-state index in [9.17, 15) is 14.4 Å². The summed E-state index contributed by atoms with van der Waals surface area (Å²) < 4.78 is 7.25. The molecule has 36 heavy (non-hydrogen) atoms. The van der Waals surface area contributed by atoms with Crippen LogP contribution >= 0.6 is 0 Å². The molecule has 0 aliphatic carbocycles. The summed E-state index contributed by atoms with van der Waals surface area (Å²) in [6.45, 7) is 3.91. The summed E-state index contributed by atoms with van der Waals surface area (Å²) in [4.78, 5) is 38.9. The molecule has 2 N–H and O–H groups in total. The van der Waals surface area contributed by atoms with E-state index in [1.807, 2.05) is 50.2 Å². The second-order valence-corrected chi connectivity index (χ2v) is 8.39. The van der Waals surface area contributed by atoms with Crippen LogP contribution in [0.5, 0.6) is 0 Å². The van der Waals surface area contributed by atoms with Gasteiger partial charge in [0, 0.05) is 23.3 Å². The fourth-order valence-electron chi connectivity index (χ4n) is 3.73. The van der Waals surface area contributed by atoms with Crippen LogP contribution in [0, 0.1) is 13.8 Å². The Balaban J connectivity index is 1.50. The molecular weight excluding hydrogens is 456 g/mol. The van der Waals surface area contributed by atoms with Crippen molar-refractivity contribution in [3.05, 3.63) is 118 Å². The fraction of sp³-hybridized carbons (Fsp3) is 0.0714. The summed E-state index contributed by atoms with van der Waals surface area (Å²) in [5, 5.41) is 10.2.